The Balaban J connectivity index is 5.45. The minimum Gasteiger partial charge on any atom is -0.480 e. The Labute approximate surface area is 196 Å². The molecule has 10 nitrogen and oxygen atoms in total. The van der Waals surface area contributed by atoms with Gasteiger partial charge in [0.2, 0.25) is 17.7 Å². The molecule has 0 spiro atoms. The van der Waals surface area contributed by atoms with Crippen molar-refractivity contribution >= 4 is 36.3 Å². The summed E-state index contributed by atoms with van der Waals surface area (Å²) in [5.74, 6) is -2.77. The highest BCUT2D eigenvalue weighted by molar-refractivity contribution is 7.80. The zero-order chi connectivity index (χ0) is 24.8. The molecule has 0 rings (SSSR count). The maximum absolute atomic E-state index is 13.0. The number of thiol groups is 1. The van der Waals surface area contributed by atoms with Crippen molar-refractivity contribution in [1.82, 2.24) is 16.0 Å². The van der Waals surface area contributed by atoms with Gasteiger partial charge >= 0.3 is 5.97 Å². The molecule has 0 aromatic carbocycles. The van der Waals surface area contributed by atoms with Crippen LogP contribution in [-0.4, -0.2) is 65.3 Å². The highest BCUT2D eigenvalue weighted by Crippen LogP contribution is 2.12. The minimum atomic E-state index is -1.14. The van der Waals surface area contributed by atoms with Gasteiger partial charge in [0.15, 0.2) is 0 Å². The van der Waals surface area contributed by atoms with Crippen molar-refractivity contribution in [3.8, 4) is 0 Å². The Bertz CT molecular complexity index is 619. The monoisotopic (exact) mass is 475 g/mol. The fourth-order valence-corrected chi connectivity index (χ4v) is 3.20. The molecule has 0 unspecified atom stereocenters. The maximum atomic E-state index is 13.0. The van der Waals surface area contributed by atoms with E-state index in [0.29, 0.717) is 32.2 Å². The fourth-order valence-electron chi connectivity index (χ4n) is 3.03. The third kappa shape index (κ3) is 11.1. The lowest BCUT2D eigenvalue weighted by Gasteiger charge is -2.28. The van der Waals surface area contributed by atoms with Gasteiger partial charge in [-0.3, -0.25) is 14.4 Å². The van der Waals surface area contributed by atoms with Crippen LogP contribution in [0.1, 0.15) is 59.8 Å². The van der Waals surface area contributed by atoms with Crippen molar-refractivity contribution < 1.29 is 24.3 Å². The zero-order valence-electron chi connectivity index (χ0n) is 19.6. The molecular formula is C21H41N5O5S. The maximum Gasteiger partial charge on any atom is 0.326 e. The molecule has 0 radical (unpaired) electrons. The van der Waals surface area contributed by atoms with Crippen LogP contribution >= 0.6 is 12.6 Å². The Morgan fingerprint density at radius 3 is 2.00 bits per heavy atom. The molecule has 0 saturated heterocycles. The van der Waals surface area contributed by atoms with E-state index in [1.54, 1.807) is 0 Å². The van der Waals surface area contributed by atoms with Crippen molar-refractivity contribution in [3.05, 3.63) is 0 Å². The first-order valence-electron chi connectivity index (χ1n) is 11.2. The molecule has 186 valence electrons. The van der Waals surface area contributed by atoms with E-state index in [4.69, 9.17) is 11.5 Å². The fraction of sp³-hybridized carbons (Fsp3) is 0.810. The van der Waals surface area contributed by atoms with Gasteiger partial charge in [0.25, 0.3) is 0 Å². The minimum absolute atomic E-state index is 0.0563. The standard InChI is InChI=1S/C21H41N5O5S/c1-5-13(4)17(26-18(27)14(23)11-32)20(29)25-16(10-12(2)3)19(28)24-15(21(30)31)8-6-7-9-22/h12-17,32H,5-11,22-23H2,1-4H3,(H,24,28)(H,25,29)(H,26,27)(H,30,31)/t13-,14-,15-,16-,17-/m0/s1. The average Bonchev–Trinajstić information content (AvgIpc) is 2.74. The van der Waals surface area contributed by atoms with Gasteiger partial charge in [-0.15, -0.1) is 0 Å². The summed E-state index contributed by atoms with van der Waals surface area (Å²) in [6.45, 7) is 7.91. The van der Waals surface area contributed by atoms with Gasteiger partial charge in [0, 0.05) is 5.75 Å². The molecule has 0 heterocycles. The molecule has 0 aromatic heterocycles. The third-order valence-electron chi connectivity index (χ3n) is 5.23. The summed E-state index contributed by atoms with van der Waals surface area (Å²) in [6.07, 6.45) is 2.37. The molecule has 0 aliphatic rings. The average molecular weight is 476 g/mol. The van der Waals surface area contributed by atoms with Crippen LogP contribution in [0.3, 0.4) is 0 Å². The highest BCUT2D eigenvalue weighted by Gasteiger charge is 2.32. The molecule has 5 atom stereocenters. The smallest absolute Gasteiger partial charge is 0.326 e. The number of rotatable bonds is 16. The topological polar surface area (TPSA) is 177 Å². The number of carboxylic acids is 1. The van der Waals surface area contributed by atoms with Crippen molar-refractivity contribution in [2.45, 2.75) is 84.0 Å². The predicted molar refractivity (Wildman–Crippen MR) is 127 cm³/mol. The van der Waals surface area contributed by atoms with Gasteiger partial charge in [0.05, 0.1) is 6.04 Å². The van der Waals surface area contributed by atoms with Gasteiger partial charge in [-0.1, -0.05) is 34.1 Å². The molecule has 0 bridgehead atoms. The van der Waals surface area contributed by atoms with Crippen LogP contribution < -0.4 is 27.4 Å². The number of carbonyl (C=O) groups excluding carboxylic acids is 3. The molecule has 3 amide bonds. The lowest BCUT2D eigenvalue weighted by molar-refractivity contribution is -0.142. The van der Waals surface area contributed by atoms with Crippen molar-refractivity contribution in [2.24, 2.45) is 23.3 Å². The molecule has 0 aliphatic carbocycles. The Morgan fingerprint density at radius 2 is 1.53 bits per heavy atom. The normalized spacial score (nSPS) is 15.9. The van der Waals surface area contributed by atoms with Crippen molar-refractivity contribution in [3.63, 3.8) is 0 Å². The van der Waals surface area contributed by atoms with Gasteiger partial charge in [-0.05, 0) is 44.1 Å². The number of hydrogen-bond donors (Lipinski definition) is 7. The third-order valence-corrected chi connectivity index (χ3v) is 5.62. The number of hydrogen-bond acceptors (Lipinski definition) is 7. The van der Waals surface area contributed by atoms with Crippen LogP contribution in [0.2, 0.25) is 0 Å². The summed E-state index contributed by atoms with van der Waals surface area (Å²) < 4.78 is 0. The Kier molecular flexibility index (Phi) is 15.0. The van der Waals surface area contributed by atoms with E-state index in [9.17, 15) is 24.3 Å². The summed E-state index contributed by atoms with van der Waals surface area (Å²) >= 11 is 4.01. The Morgan fingerprint density at radius 1 is 0.938 bits per heavy atom. The summed E-state index contributed by atoms with van der Waals surface area (Å²) in [5, 5.41) is 17.3. The van der Waals surface area contributed by atoms with E-state index in [0.717, 1.165) is 0 Å². The SMILES string of the molecule is CC[C@H](C)[C@H](NC(=O)[C@@H](N)CS)C(=O)N[C@@H](CC(C)C)C(=O)N[C@@H](CCCCN)C(=O)O. The van der Waals surface area contributed by atoms with E-state index < -0.39 is 47.9 Å². The van der Waals surface area contributed by atoms with Crippen molar-refractivity contribution in [2.75, 3.05) is 12.3 Å². The van der Waals surface area contributed by atoms with Crippen LogP contribution in [0.15, 0.2) is 0 Å². The van der Waals surface area contributed by atoms with E-state index in [-0.39, 0.29) is 24.0 Å². The first kappa shape index (κ1) is 30.1. The number of aliphatic carboxylic acids is 1. The Hall–Kier alpha value is -1.85. The van der Waals surface area contributed by atoms with E-state index in [2.05, 4.69) is 28.6 Å². The van der Waals surface area contributed by atoms with Crippen LogP contribution in [0.25, 0.3) is 0 Å². The van der Waals surface area contributed by atoms with Gasteiger partial charge < -0.3 is 32.5 Å². The number of nitrogens with two attached hydrogens (primary N) is 2. The zero-order valence-corrected chi connectivity index (χ0v) is 20.5. The van der Waals surface area contributed by atoms with Gasteiger partial charge in [-0.25, -0.2) is 4.79 Å². The molecule has 8 N–H and O–H groups in total. The second-order valence-electron chi connectivity index (χ2n) is 8.54. The second kappa shape index (κ2) is 15.9. The molecule has 11 heteroatoms. The number of carbonyl (C=O) groups is 4. The van der Waals surface area contributed by atoms with Crippen LogP contribution in [-0.2, 0) is 19.2 Å². The van der Waals surface area contributed by atoms with Crippen LogP contribution in [0.5, 0.6) is 0 Å². The number of carboxylic acid groups (broad SMARTS) is 1. The predicted octanol–water partition coefficient (Wildman–Crippen LogP) is 0.00370. The summed E-state index contributed by atoms with van der Waals surface area (Å²) in [5.41, 5.74) is 11.2. The van der Waals surface area contributed by atoms with E-state index in [1.807, 2.05) is 27.7 Å². The first-order valence-corrected chi connectivity index (χ1v) is 11.8. The molecule has 32 heavy (non-hydrogen) atoms. The summed E-state index contributed by atoms with van der Waals surface area (Å²) in [6, 6.07) is -3.77. The molecule has 0 aromatic rings. The number of unbranched alkanes of at least 4 members (excludes halogenated alkanes) is 1. The quantitative estimate of drug-likeness (QED) is 0.121. The lowest BCUT2D eigenvalue weighted by Crippen LogP contribution is -2.59. The van der Waals surface area contributed by atoms with E-state index in [1.165, 1.54) is 0 Å². The number of nitrogens with one attached hydrogen (secondary N) is 3. The summed E-state index contributed by atoms with van der Waals surface area (Å²) in [7, 11) is 0. The van der Waals surface area contributed by atoms with Crippen molar-refractivity contribution in [1.29, 1.82) is 0 Å². The van der Waals surface area contributed by atoms with E-state index >= 15 is 0 Å². The molecule has 0 fully saturated rings. The molecular weight excluding hydrogens is 434 g/mol. The first-order chi connectivity index (χ1) is 15.0. The van der Waals surface area contributed by atoms with Crippen LogP contribution in [0, 0.1) is 11.8 Å². The molecule has 0 saturated carbocycles. The molecule has 0 aliphatic heterocycles. The largest absolute Gasteiger partial charge is 0.480 e. The second-order valence-corrected chi connectivity index (χ2v) is 8.90. The number of amides is 3. The van der Waals surface area contributed by atoms with Gasteiger partial charge in [0.1, 0.15) is 18.1 Å². The van der Waals surface area contributed by atoms with Gasteiger partial charge in [-0.2, -0.15) is 12.6 Å². The summed E-state index contributed by atoms with van der Waals surface area (Å²) in [4.78, 5) is 49.7. The lowest BCUT2D eigenvalue weighted by atomic mass is 9.96. The highest BCUT2D eigenvalue weighted by atomic mass is 32.1. The van der Waals surface area contributed by atoms with Crippen LogP contribution in [0.4, 0.5) is 0 Å².